The lowest BCUT2D eigenvalue weighted by atomic mass is 10.0. The van der Waals surface area contributed by atoms with Crippen molar-refractivity contribution in [3.05, 3.63) is 0 Å². The van der Waals surface area contributed by atoms with Gasteiger partial charge in [0.1, 0.15) is 0 Å². The number of carbonyl (C=O) groups excluding carboxylic acids is 1. The lowest BCUT2D eigenvalue weighted by Gasteiger charge is -2.36. The molecule has 4 nitrogen and oxygen atoms in total. The maximum atomic E-state index is 12.3. The van der Waals surface area contributed by atoms with Gasteiger partial charge in [-0.3, -0.25) is 4.79 Å². The number of hydrogen-bond donors (Lipinski definition) is 1. The largest absolute Gasteiger partial charge is 0.384 e. The maximum Gasteiger partial charge on any atom is 0.227 e. The third-order valence-corrected chi connectivity index (χ3v) is 3.34. The van der Waals surface area contributed by atoms with Crippen LogP contribution in [0.1, 0.15) is 33.1 Å². The number of piperidine rings is 1. The number of nitrogens with zero attached hydrogens (tertiary/aromatic N) is 1. The predicted octanol–water partition coefficient (Wildman–Crippen LogP) is 1.26. The standard InChI is InChI=1S/C13H26N2O2/c1-4-9-15(12-5-7-14-8-6-12)13(16)11(2)10-17-3/h11-12,14H,4-10H2,1-3H3. The fourth-order valence-corrected chi connectivity index (χ4v) is 2.44. The van der Waals surface area contributed by atoms with E-state index in [1.807, 2.05) is 6.92 Å². The monoisotopic (exact) mass is 242 g/mol. The number of methoxy groups -OCH3 is 1. The van der Waals surface area contributed by atoms with Crippen LogP contribution < -0.4 is 5.32 Å². The van der Waals surface area contributed by atoms with E-state index in [1.54, 1.807) is 7.11 Å². The van der Waals surface area contributed by atoms with E-state index in [4.69, 9.17) is 4.74 Å². The molecule has 1 N–H and O–H groups in total. The van der Waals surface area contributed by atoms with Crippen molar-refractivity contribution in [1.82, 2.24) is 10.2 Å². The van der Waals surface area contributed by atoms with Crippen molar-refractivity contribution in [3.8, 4) is 0 Å². The summed E-state index contributed by atoms with van der Waals surface area (Å²) in [4.78, 5) is 14.4. The number of nitrogens with one attached hydrogen (secondary N) is 1. The summed E-state index contributed by atoms with van der Waals surface area (Å²) >= 11 is 0. The molecule has 1 aliphatic rings. The SMILES string of the molecule is CCCN(C(=O)C(C)COC)C1CCNCC1. The van der Waals surface area contributed by atoms with Crippen LogP contribution in [-0.2, 0) is 9.53 Å². The van der Waals surface area contributed by atoms with Gasteiger partial charge in [-0.25, -0.2) is 0 Å². The summed E-state index contributed by atoms with van der Waals surface area (Å²) in [5.41, 5.74) is 0. The highest BCUT2D eigenvalue weighted by Crippen LogP contribution is 2.16. The molecule has 0 saturated carbocycles. The van der Waals surface area contributed by atoms with E-state index in [2.05, 4.69) is 17.1 Å². The Morgan fingerprint density at radius 1 is 1.47 bits per heavy atom. The van der Waals surface area contributed by atoms with Crippen LogP contribution in [0.5, 0.6) is 0 Å². The van der Waals surface area contributed by atoms with Gasteiger partial charge in [0.25, 0.3) is 0 Å². The van der Waals surface area contributed by atoms with E-state index >= 15 is 0 Å². The zero-order chi connectivity index (χ0) is 12.7. The predicted molar refractivity (Wildman–Crippen MR) is 68.9 cm³/mol. The minimum absolute atomic E-state index is 0.0264. The summed E-state index contributed by atoms with van der Waals surface area (Å²) in [6, 6.07) is 0.419. The van der Waals surface area contributed by atoms with Crippen molar-refractivity contribution >= 4 is 5.91 Å². The smallest absolute Gasteiger partial charge is 0.227 e. The van der Waals surface area contributed by atoms with Crippen LogP contribution in [0.3, 0.4) is 0 Å². The normalized spacial score (nSPS) is 19.0. The lowest BCUT2D eigenvalue weighted by Crippen LogP contribution is -2.48. The molecule has 0 aromatic heterocycles. The van der Waals surface area contributed by atoms with Gasteiger partial charge in [-0.1, -0.05) is 13.8 Å². The van der Waals surface area contributed by atoms with Gasteiger partial charge in [-0.15, -0.1) is 0 Å². The summed E-state index contributed by atoms with van der Waals surface area (Å²) in [6.45, 7) is 7.52. The molecule has 0 spiro atoms. The van der Waals surface area contributed by atoms with Crippen molar-refractivity contribution in [3.63, 3.8) is 0 Å². The van der Waals surface area contributed by atoms with E-state index in [0.29, 0.717) is 12.6 Å². The first kappa shape index (κ1) is 14.5. The Kier molecular flexibility index (Phi) is 6.52. The van der Waals surface area contributed by atoms with E-state index in [0.717, 1.165) is 38.9 Å². The Morgan fingerprint density at radius 3 is 2.65 bits per heavy atom. The van der Waals surface area contributed by atoms with E-state index in [1.165, 1.54) is 0 Å². The first-order chi connectivity index (χ1) is 8.20. The van der Waals surface area contributed by atoms with Crippen LogP contribution in [0.2, 0.25) is 0 Å². The van der Waals surface area contributed by atoms with Crippen LogP contribution in [0.25, 0.3) is 0 Å². The van der Waals surface area contributed by atoms with Crippen molar-refractivity contribution in [2.45, 2.75) is 39.2 Å². The summed E-state index contributed by atoms with van der Waals surface area (Å²) in [6.07, 6.45) is 3.17. The van der Waals surface area contributed by atoms with Gasteiger partial charge < -0.3 is 15.0 Å². The van der Waals surface area contributed by atoms with Gasteiger partial charge in [-0.2, -0.15) is 0 Å². The van der Waals surface area contributed by atoms with Crippen LogP contribution in [0.15, 0.2) is 0 Å². The highest BCUT2D eigenvalue weighted by Gasteiger charge is 2.27. The third-order valence-electron chi connectivity index (χ3n) is 3.34. The van der Waals surface area contributed by atoms with E-state index < -0.39 is 0 Å². The van der Waals surface area contributed by atoms with Crippen LogP contribution in [0, 0.1) is 5.92 Å². The zero-order valence-corrected chi connectivity index (χ0v) is 11.4. The molecule has 0 aromatic rings. The first-order valence-corrected chi connectivity index (χ1v) is 6.70. The highest BCUT2D eigenvalue weighted by atomic mass is 16.5. The van der Waals surface area contributed by atoms with E-state index in [-0.39, 0.29) is 11.8 Å². The molecule has 1 saturated heterocycles. The molecule has 0 aliphatic carbocycles. The molecular weight excluding hydrogens is 216 g/mol. The van der Waals surface area contributed by atoms with Gasteiger partial charge in [0.15, 0.2) is 0 Å². The second kappa shape index (κ2) is 7.67. The molecular formula is C13H26N2O2. The molecule has 1 aliphatic heterocycles. The van der Waals surface area contributed by atoms with Crippen molar-refractivity contribution in [1.29, 1.82) is 0 Å². The summed E-state index contributed by atoms with van der Waals surface area (Å²) < 4.78 is 5.08. The molecule has 0 aromatic carbocycles. The van der Waals surface area contributed by atoms with Gasteiger partial charge >= 0.3 is 0 Å². The maximum absolute atomic E-state index is 12.3. The number of ether oxygens (including phenoxy) is 1. The van der Waals surface area contributed by atoms with Gasteiger partial charge in [0.05, 0.1) is 12.5 Å². The molecule has 0 radical (unpaired) electrons. The Balaban J connectivity index is 2.59. The van der Waals surface area contributed by atoms with Gasteiger partial charge in [0.2, 0.25) is 5.91 Å². The molecule has 0 bridgehead atoms. The number of hydrogen-bond acceptors (Lipinski definition) is 3. The molecule has 1 unspecified atom stereocenters. The van der Waals surface area contributed by atoms with Crippen molar-refractivity contribution in [2.75, 3.05) is 33.4 Å². The molecule has 4 heteroatoms. The Bertz CT molecular complexity index is 227. The Hall–Kier alpha value is -0.610. The molecule has 1 heterocycles. The lowest BCUT2D eigenvalue weighted by molar-refractivity contribution is -0.139. The van der Waals surface area contributed by atoms with Gasteiger partial charge in [-0.05, 0) is 32.4 Å². The minimum atomic E-state index is -0.0264. The summed E-state index contributed by atoms with van der Waals surface area (Å²) in [7, 11) is 1.65. The Morgan fingerprint density at radius 2 is 2.12 bits per heavy atom. The molecule has 1 amide bonds. The second-order valence-electron chi connectivity index (χ2n) is 4.87. The summed E-state index contributed by atoms with van der Waals surface area (Å²) in [5, 5.41) is 3.34. The fourth-order valence-electron chi connectivity index (χ4n) is 2.44. The van der Waals surface area contributed by atoms with E-state index in [9.17, 15) is 4.79 Å². The molecule has 17 heavy (non-hydrogen) atoms. The number of rotatable bonds is 6. The quantitative estimate of drug-likeness (QED) is 0.762. The van der Waals surface area contributed by atoms with Gasteiger partial charge in [0, 0.05) is 19.7 Å². The number of amides is 1. The van der Waals surface area contributed by atoms with Crippen molar-refractivity contribution < 1.29 is 9.53 Å². The van der Waals surface area contributed by atoms with Crippen LogP contribution in [-0.4, -0.2) is 50.2 Å². The minimum Gasteiger partial charge on any atom is -0.384 e. The third kappa shape index (κ3) is 4.28. The Labute approximate surface area is 105 Å². The second-order valence-corrected chi connectivity index (χ2v) is 4.87. The average Bonchev–Trinajstić information content (AvgIpc) is 2.36. The average molecular weight is 242 g/mol. The molecule has 100 valence electrons. The number of carbonyl (C=O) groups is 1. The topological polar surface area (TPSA) is 41.6 Å². The van der Waals surface area contributed by atoms with Crippen LogP contribution in [0.4, 0.5) is 0 Å². The molecule has 1 fully saturated rings. The van der Waals surface area contributed by atoms with Crippen LogP contribution >= 0.6 is 0 Å². The molecule has 1 rings (SSSR count). The first-order valence-electron chi connectivity index (χ1n) is 6.70. The summed E-state index contributed by atoms with van der Waals surface area (Å²) in [5.74, 6) is 0.224. The molecule has 1 atom stereocenters. The highest BCUT2D eigenvalue weighted by molar-refractivity contribution is 5.79. The fraction of sp³-hybridized carbons (Fsp3) is 0.923. The van der Waals surface area contributed by atoms with Crippen molar-refractivity contribution in [2.24, 2.45) is 5.92 Å². The zero-order valence-electron chi connectivity index (χ0n) is 11.4.